The van der Waals surface area contributed by atoms with Gasteiger partial charge in [-0.15, -0.1) is 0 Å². The molecule has 1 saturated heterocycles. The number of carboxylic acid groups (broad SMARTS) is 1. The molecule has 1 aliphatic rings. The average molecular weight is 225 g/mol. The molecule has 1 fully saturated rings. The van der Waals surface area contributed by atoms with E-state index in [1.165, 1.54) is 0 Å². The second-order valence-corrected chi connectivity index (χ2v) is 4.20. The van der Waals surface area contributed by atoms with Crippen LogP contribution < -0.4 is 0 Å². The first-order chi connectivity index (χ1) is 7.65. The Morgan fingerprint density at radius 1 is 1.56 bits per heavy atom. The fraction of sp³-hybridized carbons (Fsp3) is 0.700. The molecule has 1 aromatic rings. The van der Waals surface area contributed by atoms with Gasteiger partial charge in [0.15, 0.2) is 5.82 Å². The molecule has 0 spiro atoms. The third-order valence-corrected chi connectivity index (χ3v) is 2.86. The van der Waals surface area contributed by atoms with Crippen LogP contribution in [-0.4, -0.2) is 46.3 Å². The van der Waals surface area contributed by atoms with Crippen LogP contribution >= 0.6 is 0 Å². The number of nitrogens with zero attached hydrogens (tertiary/aromatic N) is 3. The van der Waals surface area contributed by atoms with Crippen LogP contribution in [0.1, 0.15) is 30.5 Å². The van der Waals surface area contributed by atoms with Crippen molar-refractivity contribution in [1.82, 2.24) is 15.0 Å². The smallest absolute Gasteiger partial charge is 0.311 e. The second-order valence-electron chi connectivity index (χ2n) is 4.20. The van der Waals surface area contributed by atoms with Crippen LogP contribution in [-0.2, 0) is 11.2 Å². The van der Waals surface area contributed by atoms with E-state index in [1.54, 1.807) is 0 Å². The minimum atomic E-state index is -0.935. The van der Waals surface area contributed by atoms with Crippen LogP contribution in [0.4, 0.5) is 0 Å². The zero-order chi connectivity index (χ0) is 11.5. The summed E-state index contributed by atoms with van der Waals surface area (Å²) in [5, 5.41) is 12.3. The quantitative estimate of drug-likeness (QED) is 0.807. The number of carbonyl (C=O) groups is 1. The predicted molar refractivity (Wildman–Crippen MR) is 55.1 cm³/mol. The molecule has 2 rings (SSSR count). The van der Waals surface area contributed by atoms with Gasteiger partial charge >= 0.3 is 5.97 Å². The molecule has 0 unspecified atom stereocenters. The molecule has 0 aliphatic carbocycles. The maximum Gasteiger partial charge on any atom is 0.311 e. The molecular weight excluding hydrogens is 210 g/mol. The van der Waals surface area contributed by atoms with E-state index in [-0.39, 0.29) is 18.2 Å². The van der Waals surface area contributed by atoms with Crippen molar-refractivity contribution < 1.29 is 14.4 Å². The molecule has 0 amide bonds. The number of rotatable bonds is 3. The first-order valence-corrected chi connectivity index (χ1v) is 5.38. The van der Waals surface area contributed by atoms with Gasteiger partial charge in [-0.05, 0) is 33.0 Å². The van der Waals surface area contributed by atoms with Gasteiger partial charge < -0.3 is 14.5 Å². The molecule has 2 heterocycles. The lowest BCUT2D eigenvalue weighted by Gasteiger charge is -2.26. The van der Waals surface area contributed by atoms with Crippen LogP contribution in [0.2, 0.25) is 0 Å². The minimum Gasteiger partial charge on any atom is -0.481 e. The van der Waals surface area contributed by atoms with Crippen LogP contribution in [0, 0.1) is 0 Å². The number of aliphatic carboxylic acids is 1. The Hall–Kier alpha value is -1.43. The third-order valence-electron chi connectivity index (χ3n) is 2.86. The van der Waals surface area contributed by atoms with Crippen LogP contribution in [0.25, 0.3) is 0 Å². The van der Waals surface area contributed by atoms with E-state index >= 15 is 0 Å². The maximum absolute atomic E-state index is 10.5. The Bertz CT molecular complexity index is 369. The Balaban J connectivity index is 1.99. The molecule has 1 aromatic heterocycles. The van der Waals surface area contributed by atoms with Gasteiger partial charge in [-0.25, -0.2) is 0 Å². The van der Waals surface area contributed by atoms with Gasteiger partial charge in [0.25, 0.3) is 0 Å². The summed E-state index contributed by atoms with van der Waals surface area (Å²) in [5.74, 6) is 0.202. The molecular formula is C10H15N3O3. The molecule has 0 saturated carbocycles. The zero-order valence-corrected chi connectivity index (χ0v) is 9.22. The van der Waals surface area contributed by atoms with E-state index in [1.807, 2.05) is 0 Å². The van der Waals surface area contributed by atoms with Crippen LogP contribution in [0.5, 0.6) is 0 Å². The van der Waals surface area contributed by atoms with Crippen molar-refractivity contribution >= 4 is 5.97 Å². The largest absolute Gasteiger partial charge is 0.481 e. The first kappa shape index (κ1) is 11.1. The van der Waals surface area contributed by atoms with Crippen molar-refractivity contribution in [3.05, 3.63) is 11.7 Å². The van der Waals surface area contributed by atoms with E-state index in [0.29, 0.717) is 5.89 Å². The van der Waals surface area contributed by atoms with Gasteiger partial charge in [-0.2, -0.15) is 4.98 Å². The lowest BCUT2D eigenvalue weighted by atomic mass is 9.97. The Kier molecular flexibility index (Phi) is 3.19. The van der Waals surface area contributed by atoms with Gasteiger partial charge in [-0.1, -0.05) is 5.16 Å². The van der Waals surface area contributed by atoms with Crippen molar-refractivity contribution in [1.29, 1.82) is 0 Å². The number of hydrogen-bond donors (Lipinski definition) is 1. The van der Waals surface area contributed by atoms with Gasteiger partial charge in [0.05, 0.1) is 0 Å². The van der Waals surface area contributed by atoms with E-state index in [0.717, 1.165) is 25.9 Å². The van der Waals surface area contributed by atoms with Crippen molar-refractivity contribution in [2.24, 2.45) is 0 Å². The van der Waals surface area contributed by atoms with E-state index in [9.17, 15) is 4.79 Å². The van der Waals surface area contributed by atoms with Crippen LogP contribution in [0.15, 0.2) is 4.52 Å². The number of carboxylic acids is 1. The summed E-state index contributed by atoms with van der Waals surface area (Å²) in [4.78, 5) is 16.8. The van der Waals surface area contributed by atoms with Crippen molar-refractivity contribution in [2.75, 3.05) is 20.1 Å². The fourth-order valence-electron chi connectivity index (χ4n) is 1.90. The Morgan fingerprint density at radius 2 is 2.25 bits per heavy atom. The Labute approximate surface area is 93.2 Å². The van der Waals surface area contributed by atoms with E-state index in [4.69, 9.17) is 9.63 Å². The fourth-order valence-corrected chi connectivity index (χ4v) is 1.90. The van der Waals surface area contributed by atoms with Gasteiger partial charge in [-0.3, -0.25) is 4.79 Å². The molecule has 6 heteroatoms. The lowest BCUT2D eigenvalue weighted by molar-refractivity contribution is -0.136. The highest BCUT2D eigenvalue weighted by Crippen LogP contribution is 2.25. The molecule has 0 aromatic carbocycles. The average Bonchev–Trinajstić information content (AvgIpc) is 2.66. The molecule has 0 radical (unpaired) electrons. The lowest BCUT2D eigenvalue weighted by Crippen LogP contribution is -2.29. The minimum absolute atomic E-state index is 0.171. The second kappa shape index (κ2) is 4.61. The summed E-state index contributed by atoms with van der Waals surface area (Å²) in [6.45, 7) is 2.03. The summed E-state index contributed by atoms with van der Waals surface area (Å²) in [6, 6.07) is 0. The topological polar surface area (TPSA) is 79.5 Å². The summed E-state index contributed by atoms with van der Waals surface area (Å²) in [7, 11) is 2.08. The van der Waals surface area contributed by atoms with Crippen molar-refractivity contribution in [3.8, 4) is 0 Å². The van der Waals surface area contributed by atoms with E-state index in [2.05, 4.69) is 22.1 Å². The third kappa shape index (κ3) is 2.57. The highest BCUT2D eigenvalue weighted by Gasteiger charge is 2.23. The molecule has 0 atom stereocenters. The molecule has 0 bridgehead atoms. The normalized spacial score (nSPS) is 18.8. The standard InChI is InChI=1S/C10H15N3O3/c1-13-4-2-7(3-5-13)10-11-8(12-16-10)6-9(14)15/h7H,2-6H2,1H3,(H,14,15). The monoisotopic (exact) mass is 225 g/mol. The number of piperidine rings is 1. The van der Waals surface area contributed by atoms with Crippen LogP contribution in [0.3, 0.4) is 0 Å². The summed E-state index contributed by atoms with van der Waals surface area (Å²) in [6.07, 6.45) is 1.81. The number of hydrogen-bond acceptors (Lipinski definition) is 5. The molecule has 1 N–H and O–H groups in total. The number of aromatic nitrogens is 2. The summed E-state index contributed by atoms with van der Waals surface area (Å²) >= 11 is 0. The van der Waals surface area contributed by atoms with Gasteiger partial charge in [0, 0.05) is 5.92 Å². The van der Waals surface area contributed by atoms with Gasteiger partial charge in [0.2, 0.25) is 5.89 Å². The SMILES string of the molecule is CN1CCC(c2nc(CC(=O)O)no2)CC1. The zero-order valence-electron chi connectivity index (χ0n) is 9.22. The number of likely N-dealkylation sites (tertiary alicyclic amines) is 1. The highest BCUT2D eigenvalue weighted by molar-refractivity contribution is 5.68. The first-order valence-electron chi connectivity index (χ1n) is 5.38. The molecule has 6 nitrogen and oxygen atoms in total. The van der Waals surface area contributed by atoms with E-state index < -0.39 is 5.97 Å². The Morgan fingerprint density at radius 3 is 2.88 bits per heavy atom. The van der Waals surface area contributed by atoms with Crippen molar-refractivity contribution in [3.63, 3.8) is 0 Å². The summed E-state index contributed by atoms with van der Waals surface area (Å²) in [5.41, 5.74) is 0. The summed E-state index contributed by atoms with van der Waals surface area (Å²) < 4.78 is 5.10. The maximum atomic E-state index is 10.5. The molecule has 88 valence electrons. The molecule has 1 aliphatic heterocycles. The van der Waals surface area contributed by atoms with Gasteiger partial charge in [0.1, 0.15) is 6.42 Å². The molecule has 16 heavy (non-hydrogen) atoms. The van der Waals surface area contributed by atoms with Crippen molar-refractivity contribution in [2.45, 2.75) is 25.2 Å². The highest BCUT2D eigenvalue weighted by atomic mass is 16.5. The predicted octanol–water partition coefficient (Wildman–Crippen LogP) is 0.506.